The molecule has 0 aliphatic heterocycles. The first-order valence-corrected chi connectivity index (χ1v) is 5.15. The largest absolute Gasteiger partial charge is 0.383 e. The van der Waals surface area contributed by atoms with E-state index < -0.39 is 0 Å². The van der Waals surface area contributed by atoms with Crippen LogP contribution in [0.15, 0.2) is 24.4 Å². The molecule has 4 nitrogen and oxygen atoms in total. The van der Waals surface area contributed by atoms with E-state index in [1.807, 2.05) is 6.92 Å². The van der Waals surface area contributed by atoms with Gasteiger partial charge in [0.2, 0.25) is 0 Å². The van der Waals surface area contributed by atoms with E-state index in [-0.39, 0.29) is 23.8 Å². The van der Waals surface area contributed by atoms with E-state index in [1.54, 1.807) is 6.07 Å². The summed E-state index contributed by atoms with van der Waals surface area (Å²) in [5.41, 5.74) is 7.43. The predicted octanol–water partition coefficient (Wildman–Crippen LogP) is 1.86. The molecule has 0 aliphatic rings. The number of aryl methyl sites for hydroxylation is 1. The van der Waals surface area contributed by atoms with Crippen LogP contribution in [-0.4, -0.2) is 16.0 Å². The zero-order chi connectivity index (χ0) is 12.4. The molecule has 0 bridgehead atoms. The van der Waals surface area contributed by atoms with Crippen molar-refractivity contribution in [1.82, 2.24) is 10.2 Å². The van der Waals surface area contributed by atoms with E-state index >= 15 is 0 Å². The number of hydrogen-bond acceptors (Lipinski definition) is 3. The molecular formula is C12H12FN3O. The van der Waals surface area contributed by atoms with Crippen molar-refractivity contribution in [3.63, 3.8) is 0 Å². The number of aromatic amines is 1. The number of H-pyrrole nitrogens is 1. The first-order valence-electron chi connectivity index (χ1n) is 5.15. The maximum Gasteiger partial charge on any atom is 0.172 e. The van der Waals surface area contributed by atoms with Crippen LogP contribution >= 0.6 is 0 Å². The quantitative estimate of drug-likeness (QED) is 0.795. The average molecular weight is 233 g/mol. The molecule has 0 fully saturated rings. The number of carbonyl (C=O) groups excluding carboxylic acids is 1. The fourth-order valence-electron chi connectivity index (χ4n) is 1.62. The molecule has 1 aromatic heterocycles. The Morgan fingerprint density at radius 2 is 2.29 bits per heavy atom. The van der Waals surface area contributed by atoms with Gasteiger partial charge in [-0.3, -0.25) is 9.89 Å². The first-order chi connectivity index (χ1) is 8.08. The third kappa shape index (κ3) is 2.33. The van der Waals surface area contributed by atoms with E-state index in [1.165, 1.54) is 18.3 Å². The maximum atomic E-state index is 13.1. The number of aromatic nitrogens is 2. The molecule has 0 radical (unpaired) electrons. The van der Waals surface area contributed by atoms with Crippen LogP contribution in [0.3, 0.4) is 0 Å². The zero-order valence-electron chi connectivity index (χ0n) is 9.33. The van der Waals surface area contributed by atoms with E-state index in [0.717, 1.165) is 5.56 Å². The number of benzene rings is 1. The zero-order valence-corrected chi connectivity index (χ0v) is 9.33. The van der Waals surface area contributed by atoms with Crippen LogP contribution in [0.2, 0.25) is 0 Å². The standard InChI is InChI=1S/C12H12FN3O/c1-7-2-3-9(13)4-8(7)5-11(17)10-6-15-16-12(10)14/h2-4,6H,5H2,1H3,(H3,14,15,16). The Labute approximate surface area is 97.6 Å². The van der Waals surface area contributed by atoms with E-state index in [4.69, 9.17) is 5.73 Å². The Kier molecular flexibility index (Phi) is 2.91. The van der Waals surface area contributed by atoms with E-state index in [9.17, 15) is 9.18 Å². The van der Waals surface area contributed by atoms with Crippen LogP contribution in [0.25, 0.3) is 0 Å². The molecule has 5 heteroatoms. The second kappa shape index (κ2) is 4.37. The Hall–Kier alpha value is -2.17. The molecular weight excluding hydrogens is 221 g/mol. The number of nitrogens with one attached hydrogen (secondary N) is 1. The second-order valence-electron chi connectivity index (χ2n) is 3.87. The minimum atomic E-state index is -0.349. The molecule has 17 heavy (non-hydrogen) atoms. The fraction of sp³-hybridized carbons (Fsp3) is 0.167. The molecule has 1 aromatic carbocycles. The third-order valence-electron chi connectivity index (χ3n) is 2.63. The van der Waals surface area contributed by atoms with Gasteiger partial charge in [0.25, 0.3) is 0 Å². The van der Waals surface area contributed by atoms with Crippen molar-refractivity contribution in [3.05, 3.63) is 46.9 Å². The van der Waals surface area contributed by atoms with Gasteiger partial charge in [-0.1, -0.05) is 6.07 Å². The highest BCUT2D eigenvalue weighted by Crippen LogP contribution is 2.15. The summed E-state index contributed by atoms with van der Waals surface area (Å²) in [5.74, 6) is -0.285. The molecule has 3 N–H and O–H groups in total. The Morgan fingerprint density at radius 1 is 1.53 bits per heavy atom. The van der Waals surface area contributed by atoms with Gasteiger partial charge in [-0.05, 0) is 30.2 Å². The monoisotopic (exact) mass is 233 g/mol. The lowest BCUT2D eigenvalue weighted by Crippen LogP contribution is -2.06. The number of ketones is 1. The number of nitrogen functional groups attached to an aromatic ring is 1. The van der Waals surface area contributed by atoms with Crippen LogP contribution in [-0.2, 0) is 6.42 Å². The van der Waals surface area contributed by atoms with Crippen molar-refractivity contribution in [2.45, 2.75) is 13.3 Å². The lowest BCUT2D eigenvalue weighted by atomic mass is 10.0. The summed E-state index contributed by atoms with van der Waals surface area (Å²) in [5, 5.41) is 6.17. The first kappa shape index (κ1) is 11.3. The summed E-state index contributed by atoms with van der Waals surface area (Å²) in [6.45, 7) is 1.83. The van der Waals surface area contributed by atoms with Gasteiger partial charge in [0.05, 0.1) is 11.8 Å². The van der Waals surface area contributed by atoms with Crippen molar-refractivity contribution >= 4 is 11.6 Å². The molecule has 0 aliphatic carbocycles. The molecule has 2 rings (SSSR count). The van der Waals surface area contributed by atoms with Gasteiger partial charge in [-0.15, -0.1) is 0 Å². The van der Waals surface area contributed by atoms with Gasteiger partial charge >= 0.3 is 0 Å². The van der Waals surface area contributed by atoms with Crippen molar-refractivity contribution in [1.29, 1.82) is 0 Å². The normalized spacial score (nSPS) is 10.5. The topological polar surface area (TPSA) is 71.8 Å². The van der Waals surface area contributed by atoms with Crippen LogP contribution < -0.4 is 5.73 Å². The molecule has 0 atom stereocenters. The Bertz CT molecular complexity index is 563. The molecule has 1 heterocycles. The highest BCUT2D eigenvalue weighted by atomic mass is 19.1. The highest BCUT2D eigenvalue weighted by molar-refractivity contribution is 6.01. The van der Waals surface area contributed by atoms with Crippen molar-refractivity contribution in [2.24, 2.45) is 0 Å². The average Bonchev–Trinajstić information content (AvgIpc) is 2.70. The third-order valence-corrected chi connectivity index (χ3v) is 2.63. The number of nitrogens with two attached hydrogens (primary N) is 1. The van der Waals surface area contributed by atoms with E-state index in [2.05, 4.69) is 10.2 Å². The number of Topliss-reactive ketones (excluding diaryl/α,β-unsaturated/α-hetero) is 1. The number of rotatable bonds is 3. The van der Waals surface area contributed by atoms with Crippen LogP contribution in [0.5, 0.6) is 0 Å². The fourth-order valence-corrected chi connectivity index (χ4v) is 1.62. The maximum absolute atomic E-state index is 13.1. The van der Waals surface area contributed by atoms with Gasteiger partial charge in [-0.25, -0.2) is 4.39 Å². The minimum Gasteiger partial charge on any atom is -0.383 e. The molecule has 0 saturated carbocycles. The van der Waals surface area contributed by atoms with Crippen LogP contribution in [0.4, 0.5) is 10.2 Å². The van der Waals surface area contributed by atoms with Crippen molar-refractivity contribution < 1.29 is 9.18 Å². The lowest BCUT2D eigenvalue weighted by molar-refractivity contribution is 0.0993. The Morgan fingerprint density at radius 3 is 2.94 bits per heavy atom. The van der Waals surface area contributed by atoms with Crippen molar-refractivity contribution in [2.75, 3.05) is 5.73 Å². The second-order valence-corrected chi connectivity index (χ2v) is 3.87. The van der Waals surface area contributed by atoms with Crippen LogP contribution in [0, 0.1) is 12.7 Å². The molecule has 2 aromatic rings. The number of halogens is 1. The number of hydrogen-bond donors (Lipinski definition) is 2. The van der Waals surface area contributed by atoms with Gasteiger partial charge in [0.15, 0.2) is 5.78 Å². The SMILES string of the molecule is Cc1ccc(F)cc1CC(=O)c1cn[nH]c1N. The smallest absolute Gasteiger partial charge is 0.172 e. The molecule has 88 valence electrons. The molecule has 0 saturated heterocycles. The van der Waals surface area contributed by atoms with E-state index in [0.29, 0.717) is 11.1 Å². The Balaban J connectivity index is 2.24. The molecule has 0 amide bonds. The summed E-state index contributed by atoms with van der Waals surface area (Å²) < 4.78 is 13.1. The molecule has 0 spiro atoms. The number of anilines is 1. The van der Waals surface area contributed by atoms with Crippen molar-refractivity contribution in [3.8, 4) is 0 Å². The van der Waals surface area contributed by atoms with Gasteiger partial charge in [0.1, 0.15) is 11.6 Å². The van der Waals surface area contributed by atoms with Gasteiger partial charge in [0, 0.05) is 6.42 Å². The summed E-state index contributed by atoms with van der Waals surface area (Å²) in [4.78, 5) is 11.9. The summed E-state index contributed by atoms with van der Waals surface area (Å²) in [6, 6.07) is 4.38. The molecule has 0 unspecified atom stereocenters. The number of carbonyl (C=O) groups is 1. The summed E-state index contributed by atoms with van der Waals surface area (Å²) in [7, 11) is 0. The minimum absolute atomic E-state index is 0.118. The highest BCUT2D eigenvalue weighted by Gasteiger charge is 2.13. The lowest BCUT2D eigenvalue weighted by Gasteiger charge is -2.04. The summed E-state index contributed by atoms with van der Waals surface area (Å²) in [6.07, 6.45) is 1.50. The predicted molar refractivity (Wildman–Crippen MR) is 62.2 cm³/mol. The number of nitrogens with zero attached hydrogens (tertiary/aromatic N) is 1. The van der Waals surface area contributed by atoms with Crippen LogP contribution in [0.1, 0.15) is 21.5 Å². The van der Waals surface area contributed by atoms with Gasteiger partial charge < -0.3 is 5.73 Å². The summed E-state index contributed by atoms with van der Waals surface area (Å²) >= 11 is 0. The van der Waals surface area contributed by atoms with Gasteiger partial charge in [-0.2, -0.15) is 5.10 Å².